The Hall–Kier alpha value is -1.80. The van der Waals surface area contributed by atoms with Crippen molar-refractivity contribution >= 4 is 39.7 Å². The molecule has 0 aromatic heterocycles. The zero-order valence-electron chi connectivity index (χ0n) is 64.0. The largest absolute Gasteiger partial charge is 1.00 e. The summed E-state index contributed by atoms with van der Waals surface area (Å²) in [5.41, 5.74) is 6.99. The van der Waals surface area contributed by atoms with Crippen LogP contribution in [0.4, 0.5) is 0 Å². The van der Waals surface area contributed by atoms with Crippen molar-refractivity contribution in [2.24, 2.45) is 127 Å². The molecule has 26 atom stereocenters. The minimum absolute atomic E-state index is 0. The van der Waals surface area contributed by atoms with Crippen molar-refractivity contribution in [2.45, 2.75) is 292 Å². The van der Waals surface area contributed by atoms with E-state index in [4.69, 9.17) is 22.3 Å². The van der Waals surface area contributed by atoms with E-state index in [2.05, 4.69) is 74.0 Å². The molecule has 0 unspecified atom stereocenters. The van der Waals surface area contributed by atoms with Crippen molar-refractivity contribution in [3.05, 3.63) is 59.0 Å². The van der Waals surface area contributed by atoms with Crippen molar-refractivity contribution in [1.29, 1.82) is 0 Å². The molecular weight excluding hydrogens is 1330 g/mol. The first kappa shape index (κ1) is 82.7. The second kappa shape index (κ2) is 31.9. The summed E-state index contributed by atoms with van der Waals surface area (Å²) in [6.45, 7) is 20.1. The molecule has 15 nitrogen and oxygen atoms in total. The standard InChI is InChI=1S/C24H40O4.C23H32O4.C19H27O.C18H24O2.2Na.H2O4S/c1-14(4-9-22(27)28)18-7-8-19-17-6-5-15-12-16(25)10-11-23(15,2)20(17)13-21(26)24(18,19)3;1-14(24)27-13-21(26)20-7-6-18-17-5-4-15-12-16(25)8-10-22(15,2)19(17)9-11-23(18,20)3;1-18-11-4-3-5-13(18)6-7-14-15-8-9-17(20)19(15,2)12-10-16(14)18;1-18-9-8-14-13-5-3-12(19)10-11(13)2-4-15(14)16(18)6-7-17(18)20;;;1-5(2,3)4/h14-21,25-26H,4-13H2,1-3H3,(H,27,28);12,17-20H,4-11,13H2,1-3H3;3,6,14-16H,4-5,7-12H2,1-2H3;3,5,10,14-17,19-20H,2,4,6-9H2,1H3;;;(H2,1,2,3,4)/q;;-1;;2*+1;/p-2/t14-,15-,16-,17+,18-,19+,20+,21+,23+,24-;17-,18-,19-,20+,22-,23-;14-,15-,16-,18-,19-;14-,15-,16+,17+,18+;;;/m1001.../s1. The number of aliphatic carboxylic acids is 1. The molecular formula is C84H123Na2O15S-. The van der Waals surface area contributed by atoms with E-state index in [0.717, 1.165) is 127 Å². The van der Waals surface area contributed by atoms with Crippen LogP contribution in [0.25, 0.3) is 0 Å². The van der Waals surface area contributed by atoms with Crippen LogP contribution in [0.1, 0.15) is 278 Å². The van der Waals surface area contributed by atoms with Gasteiger partial charge in [-0.1, -0.05) is 85.1 Å². The van der Waals surface area contributed by atoms with Gasteiger partial charge in [-0.3, -0.25) is 23.7 Å². The number of carboxylic acid groups (broad SMARTS) is 1. The number of phenolic OH excluding ortho intramolecular Hbond substituents is 1. The van der Waals surface area contributed by atoms with Crippen LogP contribution in [0.3, 0.4) is 0 Å². The van der Waals surface area contributed by atoms with Crippen LogP contribution < -0.4 is 64.2 Å². The smallest absolute Gasteiger partial charge is 0.726 e. The number of hydrogen-bond donors (Lipinski definition) is 5. The van der Waals surface area contributed by atoms with Crippen LogP contribution in [-0.2, 0) is 45.5 Å². The molecule has 102 heavy (non-hydrogen) atoms. The van der Waals surface area contributed by atoms with Gasteiger partial charge in [0.2, 0.25) is 10.4 Å². The number of carboxylic acids is 1. The van der Waals surface area contributed by atoms with Gasteiger partial charge in [0.1, 0.15) is 18.1 Å². The topological polar surface area (TPSA) is 276 Å². The van der Waals surface area contributed by atoms with E-state index in [1.165, 1.54) is 101 Å². The minimum Gasteiger partial charge on any atom is -0.726 e. The normalized spacial score (nSPS) is 44.6. The van der Waals surface area contributed by atoms with E-state index in [-0.39, 0.29) is 141 Å². The third-order valence-electron chi connectivity index (χ3n) is 33.3. The van der Waals surface area contributed by atoms with Crippen molar-refractivity contribution in [3.8, 4) is 5.75 Å². The molecule has 12 fully saturated rings. The summed E-state index contributed by atoms with van der Waals surface area (Å²) in [7, 11) is -4.92. The number of benzene rings is 1. The van der Waals surface area contributed by atoms with Crippen LogP contribution in [0.15, 0.2) is 41.5 Å². The summed E-state index contributed by atoms with van der Waals surface area (Å²) in [4.78, 5) is 59.1. The molecule has 1 aromatic rings. The summed E-state index contributed by atoms with van der Waals surface area (Å²) in [6.07, 6.45) is 40.5. The number of ether oxygens (including phenoxy) is 1. The summed E-state index contributed by atoms with van der Waals surface area (Å²) in [5, 5.41) is 52.6. The van der Waals surface area contributed by atoms with Crippen LogP contribution in [0.2, 0.25) is 0 Å². The molecule has 5 N–H and O–H groups in total. The second-order valence-corrected chi connectivity index (χ2v) is 38.1. The number of Topliss-reactive ketones (excluding diaryl/α,β-unsaturated/α-hetero) is 2. The van der Waals surface area contributed by atoms with Crippen LogP contribution >= 0.6 is 0 Å². The Bertz CT molecular complexity index is 3420. The van der Waals surface area contributed by atoms with E-state index in [9.17, 15) is 49.5 Å². The zero-order chi connectivity index (χ0) is 72.0. The Morgan fingerprint density at radius 3 is 2.00 bits per heavy atom. The predicted octanol–water partition coefficient (Wildman–Crippen LogP) is 8.75. The Balaban J connectivity index is 0.000000143. The molecule has 0 saturated heterocycles. The minimum atomic E-state index is -4.92. The number of aliphatic hydroxyl groups excluding tert-OH is 3. The molecule has 0 spiro atoms. The molecule has 15 aliphatic rings. The monoisotopic (exact) mass is 1450 g/mol. The van der Waals surface area contributed by atoms with Gasteiger partial charge >= 0.3 is 65.1 Å². The van der Waals surface area contributed by atoms with Crippen molar-refractivity contribution in [1.82, 2.24) is 0 Å². The van der Waals surface area contributed by atoms with Gasteiger partial charge in [-0.25, -0.2) is 8.42 Å². The maximum Gasteiger partial charge on any atom is 1.00 e. The second-order valence-electron chi connectivity index (χ2n) is 37.2. The zero-order valence-corrected chi connectivity index (χ0v) is 68.8. The average Bonchev–Trinajstić information content (AvgIpc) is 1.41. The van der Waals surface area contributed by atoms with Crippen LogP contribution in [-0.4, -0.2) is 92.2 Å². The quantitative estimate of drug-likeness (QED) is 0.0426. The average molecular weight is 1450 g/mol. The Morgan fingerprint density at radius 1 is 0.637 bits per heavy atom. The fourth-order valence-corrected chi connectivity index (χ4v) is 27.9. The number of fused-ring (bicyclic) bond motifs is 20. The van der Waals surface area contributed by atoms with Gasteiger partial charge in [-0.15, -0.1) is 0 Å². The molecule has 0 radical (unpaired) electrons. The number of aromatic hydroxyl groups is 1. The maximum absolute atomic E-state index is 12.8. The van der Waals surface area contributed by atoms with Crippen molar-refractivity contribution < 1.29 is 131 Å². The molecule has 0 heterocycles. The van der Waals surface area contributed by atoms with E-state index in [0.29, 0.717) is 107 Å². The number of hydrogen-bond acceptors (Lipinski definition) is 14. The van der Waals surface area contributed by atoms with Crippen LogP contribution in [0, 0.1) is 133 Å². The molecule has 0 bridgehead atoms. The van der Waals surface area contributed by atoms with Gasteiger partial charge in [0.25, 0.3) is 0 Å². The molecule has 558 valence electrons. The first-order chi connectivity index (χ1) is 47.1. The predicted molar refractivity (Wildman–Crippen MR) is 380 cm³/mol. The maximum atomic E-state index is 12.8. The summed E-state index contributed by atoms with van der Waals surface area (Å²) < 4.78 is 37.8. The fraction of sp³-hybridized carbons (Fsp3) is 0.810. The number of carbonyl (C=O) groups is 5. The number of carbonyl (C=O) groups excluding carboxylic acids is 5. The summed E-state index contributed by atoms with van der Waals surface area (Å²) >= 11 is 0. The molecule has 0 amide bonds. The van der Waals surface area contributed by atoms with Crippen LogP contribution in [0.5, 0.6) is 5.75 Å². The number of aryl methyl sites for hydroxylation is 1. The number of ketones is 3. The van der Waals surface area contributed by atoms with Gasteiger partial charge < -0.3 is 46.0 Å². The number of allylic oxidation sites excluding steroid dienone is 3. The fourth-order valence-electron chi connectivity index (χ4n) is 27.9. The Labute approximate surface area is 655 Å². The van der Waals surface area contributed by atoms with E-state index >= 15 is 0 Å². The SMILES string of the molecule is CC(=O)OCC(=O)[C@H]1CC[C@H]2[C@@H]3CCC4=CC(=O)CC[C@]4(C)[C@H]3CC[C@]12C.C[C@H](CCC(=O)[O-])[C@H]1CC[C@H]2[C@@H]3CC[C@@H]4C[C@H](O)CC[C@]4(C)[C@H]3C[C@H](O)[C@]12C.C[C@]12CC[C@@H]3c4ccc(O)cc4CC[C@H]3[C@@H]1CC[C@@H]2O.C[C@]12CC[CH-]CC1=CC[C@@H]1[C@@H]2CC[C@]2(C)C(=O)CC[C@@H]12.O=S(=O)([O-])O.[Na+].[Na+]. The molecule has 16 rings (SSSR count). The van der Waals surface area contributed by atoms with E-state index in [1.807, 2.05) is 18.2 Å². The van der Waals surface area contributed by atoms with Gasteiger partial charge in [0.05, 0.1) is 18.3 Å². The summed E-state index contributed by atoms with van der Waals surface area (Å²) in [5.74, 6) is 9.50. The Kier molecular flexibility index (Phi) is 25.9. The van der Waals surface area contributed by atoms with Gasteiger partial charge in [0, 0.05) is 37.1 Å². The van der Waals surface area contributed by atoms with E-state index in [1.54, 1.807) is 5.57 Å². The number of rotatable bonds is 7. The van der Waals surface area contributed by atoms with Crippen molar-refractivity contribution in [2.75, 3.05) is 6.61 Å². The third-order valence-corrected chi connectivity index (χ3v) is 33.3. The molecule has 0 aliphatic heterocycles. The first-order valence-corrected chi connectivity index (χ1v) is 41.1. The molecule has 12 saturated carbocycles. The van der Waals surface area contributed by atoms with Crippen molar-refractivity contribution in [3.63, 3.8) is 0 Å². The molecule has 1 aromatic carbocycles. The number of aliphatic hydroxyl groups is 3. The number of phenols is 1. The van der Waals surface area contributed by atoms with Gasteiger partial charge in [-0.2, -0.15) is 12.8 Å². The number of esters is 1. The summed E-state index contributed by atoms with van der Waals surface area (Å²) in [6, 6.07) is 5.96. The third kappa shape index (κ3) is 15.4. The van der Waals surface area contributed by atoms with Gasteiger partial charge in [0.15, 0.2) is 11.6 Å². The van der Waals surface area contributed by atoms with Gasteiger partial charge in [-0.05, 0) is 324 Å². The molecule has 15 aliphatic carbocycles. The first-order valence-electron chi connectivity index (χ1n) is 39.8. The van der Waals surface area contributed by atoms with E-state index < -0.39 is 16.4 Å². The Morgan fingerprint density at radius 2 is 1.27 bits per heavy atom. The molecule has 18 heteroatoms.